The van der Waals surface area contributed by atoms with Gasteiger partial charge in [-0.05, 0) is 43.9 Å². The third kappa shape index (κ3) is 3.89. The van der Waals surface area contributed by atoms with E-state index in [-0.39, 0.29) is 11.9 Å². The van der Waals surface area contributed by atoms with Crippen LogP contribution in [0.2, 0.25) is 5.02 Å². The molecule has 0 bridgehead atoms. The van der Waals surface area contributed by atoms with Crippen molar-refractivity contribution in [2.75, 3.05) is 18.0 Å². The SMILES string of the molecule is CCCNCc1cccc(Cl)c1N1CCCCC1C(N)=O. The van der Waals surface area contributed by atoms with Crippen LogP contribution in [-0.2, 0) is 11.3 Å². The zero-order chi connectivity index (χ0) is 15.2. The van der Waals surface area contributed by atoms with Crippen LogP contribution in [0.15, 0.2) is 18.2 Å². The van der Waals surface area contributed by atoms with Gasteiger partial charge in [-0.1, -0.05) is 30.7 Å². The monoisotopic (exact) mass is 309 g/mol. The number of para-hydroxylation sites is 1. The molecule has 1 aliphatic heterocycles. The van der Waals surface area contributed by atoms with Crippen LogP contribution in [-0.4, -0.2) is 25.0 Å². The zero-order valence-corrected chi connectivity index (χ0v) is 13.3. The van der Waals surface area contributed by atoms with Gasteiger partial charge in [0.05, 0.1) is 10.7 Å². The Morgan fingerprint density at radius 1 is 1.48 bits per heavy atom. The van der Waals surface area contributed by atoms with E-state index in [2.05, 4.69) is 23.2 Å². The summed E-state index contributed by atoms with van der Waals surface area (Å²) in [5.74, 6) is -0.262. The number of carbonyl (C=O) groups is 1. The van der Waals surface area contributed by atoms with Gasteiger partial charge in [0, 0.05) is 13.1 Å². The highest BCUT2D eigenvalue weighted by Crippen LogP contribution is 2.34. The topological polar surface area (TPSA) is 58.4 Å². The molecule has 1 heterocycles. The molecular formula is C16H24ClN3O. The summed E-state index contributed by atoms with van der Waals surface area (Å²) in [6.07, 6.45) is 4.00. The number of hydrogen-bond donors (Lipinski definition) is 2. The molecule has 1 saturated heterocycles. The van der Waals surface area contributed by atoms with Gasteiger partial charge in [-0.15, -0.1) is 0 Å². The van der Waals surface area contributed by atoms with Gasteiger partial charge in [0.25, 0.3) is 0 Å². The third-order valence-electron chi connectivity index (χ3n) is 3.93. The highest BCUT2D eigenvalue weighted by atomic mass is 35.5. The Balaban J connectivity index is 2.29. The molecule has 2 rings (SSSR count). The maximum absolute atomic E-state index is 11.7. The van der Waals surface area contributed by atoms with Crippen LogP contribution < -0.4 is 16.0 Å². The largest absolute Gasteiger partial charge is 0.368 e. The summed E-state index contributed by atoms with van der Waals surface area (Å²) in [5.41, 5.74) is 7.67. The quantitative estimate of drug-likeness (QED) is 0.794. The summed E-state index contributed by atoms with van der Waals surface area (Å²) >= 11 is 6.42. The van der Waals surface area contributed by atoms with Crippen molar-refractivity contribution in [2.24, 2.45) is 5.73 Å². The molecule has 1 aromatic carbocycles. The van der Waals surface area contributed by atoms with Crippen molar-refractivity contribution < 1.29 is 4.79 Å². The van der Waals surface area contributed by atoms with E-state index in [1.165, 1.54) is 0 Å². The second-order valence-corrected chi connectivity index (χ2v) is 5.94. The minimum absolute atomic E-state index is 0.247. The molecule has 0 aliphatic carbocycles. The molecule has 0 spiro atoms. The summed E-state index contributed by atoms with van der Waals surface area (Å²) in [4.78, 5) is 13.8. The smallest absolute Gasteiger partial charge is 0.240 e. The first-order chi connectivity index (χ1) is 10.1. The Morgan fingerprint density at radius 3 is 3.00 bits per heavy atom. The summed E-state index contributed by atoms with van der Waals surface area (Å²) in [7, 11) is 0. The standard InChI is InChI=1S/C16H24ClN3O/c1-2-9-19-11-12-6-5-7-13(17)15(12)20-10-4-3-8-14(20)16(18)21/h5-7,14,19H,2-4,8-11H2,1H3,(H2,18,21). The molecule has 5 heteroatoms. The Bertz CT molecular complexity index is 492. The van der Waals surface area contributed by atoms with Crippen molar-refractivity contribution in [1.82, 2.24) is 5.32 Å². The molecule has 1 aliphatic rings. The van der Waals surface area contributed by atoms with E-state index in [9.17, 15) is 4.79 Å². The van der Waals surface area contributed by atoms with Crippen molar-refractivity contribution in [3.05, 3.63) is 28.8 Å². The fraction of sp³-hybridized carbons (Fsp3) is 0.562. The summed E-state index contributed by atoms with van der Waals surface area (Å²) < 4.78 is 0. The van der Waals surface area contributed by atoms with Crippen molar-refractivity contribution >= 4 is 23.2 Å². The van der Waals surface area contributed by atoms with Crippen LogP contribution in [0.1, 0.15) is 38.2 Å². The van der Waals surface area contributed by atoms with Crippen LogP contribution in [0.5, 0.6) is 0 Å². The molecular weight excluding hydrogens is 286 g/mol. The van der Waals surface area contributed by atoms with E-state index in [0.29, 0.717) is 5.02 Å². The molecule has 1 aromatic rings. The summed E-state index contributed by atoms with van der Waals surface area (Å²) in [6, 6.07) is 5.66. The number of rotatable bonds is 6. The van der Waals surface area contributed by atoms with Crippen LogP contribution >= 0.6 is 11.6 Å². The van der Waals surface area contributed by atoms with Crippen molar-refractivity contribution in [2.45, 2.75) is 45.2 Å². The van der Waals surface area contributed by atoms with Crippen LogP contribution in [0.4, 0.5) is 5.69 Å². The molecule has 0 radical (unpaired) electrons. The van der Waals surface area contributed by atoms with Crippen LogP contribution in [0, 0.1) is 0 Å². The number of primary amides is 1. The molecule has 3 N–H and O–H groups in total. The number of nitrogens with zero attached hydrogens (tertiary/aromatic N) is 1. The number of piperidine rings is 1. The summed E-state index contributed by atoms with van der Waals surface area (Å²) in [6.45, 7) is 4.69. The number of nitrogens with one attached hydrogen (secondary N) is 1. The lowest BCUT2D eigenvalue weighted by molar-refractivity contribution is -0.119. The van der Waals surface area contributed by atoms with E-state index in [0.717, 1.165) is 56.6 Å². The number of carbonyl (C=O) groups excluding carboxylic acids is 1. The van der Waals surface area contributed by atoms with Crippen LogP contribution in [0.25, 0.3) is 0 Å². The molecule has 1 fully saturated rings. The van der Waals surface area contributed by atoms with E-state index in [4.69, 9.17) is 17.3 Å². The molecule has 21 heavy (non-hydrogen) atoms. The molecule has 1 amide bonds. The van der Waals surface area contributed by atoms with Gasteiger partial charge < -0.3 is 16.0 Å². The van der Waals surface area contributed by atoms with Crippen molar-refractivity contribution in [3.8, 4) is 0 Å². The zero-order valence-electron chi connectivity index (χ0n) is 12.6. The molecule has 0 aromatic heterocycles. The first-order valence-electron chi connectivity index (χ1n) is 7.69. The van der Waals surface area contributed by atoms with Crippen molar-refractivity contribution in [3.63, 3.8) is 0 Å². The Morgan fingerprint density at radius 2 is 2.29 bits per heavy atom. The second kappa shape index (κ2) is 7.66. The fourth-order valence-corrected chi connectivity index (χ4v) is 3.22. The number of halogens is 1. The first kappa shape index (κ1) is 16.1. The minimum Gasteiger partial charge on any atom is -0.368 e. The van der Waals surface area contributed by atoms with Gasteiger partial charge in [-0.3, -0.25) is 4.79 Å². The van der Waals surface area contributed by atoms with Gasteiger partial charge in [0.15, 0.2) is 0 Å². The Kier molecular flexibility index (Phi) is 5.88. The molecule has 0 saturated carbocycles. The van der Waals surface area contributed by atoms with Gasteiger partial charge in [0.2, 0.25) is 5.91 Å². The molecule has 1 unspecified atom stereocenters. The summed E-state index contributed by atoms with van der Waals surface area (Å²) in [5, 5.41) is 4.09. The van der Waals surface area contributed by atoms with Gasteiger partial charge in [-0.25, -0.2) is 0 Å². The second-order valence-electron chi connectivity index (χ2n) is 5.53. The lowest BCUT2D eigenvalue weighted by atomic mass is 9.99. The maximum Gasteiger partial charge on any atom is 0.240 e. The van der Waals surface area contributed by atoms with Gasteiger partial charge in [-0.2, -0.15) is 0 Å². The molecule has 1 atom stereocenters. The number of anilines is 1. The molecule has 4 nitrogen and oxygen atoms in total. The lowest BCUT2D eigenvalue weighted by Gasteiger charge is -2.37. The Hall–Kier alpha value is -1.26. The van der Waals surface area contributed by atoms with E-state index in [1.54, 1.807) is 0 Å². The van der Waals surface area contributed by atoms with E-state index in [1.807, 2.05) is 12.1 Å². The number of hydrogen-bond acceptors (Lipinski definition) is 3. The number of nitrogens with two attached hydrogens (primary N) is 1. The fourth-order valence-electron chi connectivity index (χ4n) is 2.92. The van der Waals surface area contributed by atoms with Crippen molar-refractivity contribution in [1.29, 1.82) is 0 Å². The van der Waals surface area contributed by atoms with E-state index < -0.39 is 0 Å². The minimum atomic E-state index is -0.262. The highest BCUT2D eigenvalue weighted by molar-refractivity contribution is 6.33. The van der Waals surface area contributed by atoms with E-state index >= 15 is 0 Å². The third-order valence-corrected chi connectivity index (χ3v) is 4.24. The predicted molar refractivity (Wildman–Crippen MR) is 87.6 cm³/mol. The van der Waals surface area contributed by atoms with Gasteiger partial charge in [0.1, 0.15) is 6.04 Å². The maximum atomic E-state index is 11.7. The normalized spacial score (nSPS) is 18.8. The highest BCUT2D eigenvalue weighted by Gasteiger charge is 2.29. The molecule has 116 valence electrons. The van der Waals surface area contributed by atoms with Crippen LogP contribution in [0.3, 0.4) is 0 Å². The Labute approximate surface area is 131 Å². The number of amides is 1. The lowest BCUT2D eigenvalue weighted by Crippen LogP contribution is -2.48. The average molecular weight is 310 g/mol. The first-order valence-corrected chi connectivity index (χ1v) is 8.07. The average Bonchev–Trinajstić information content (AvgIpc) is 2.48. The van der Waals surface area contributed by atoms with Gasteiger partial charge >= 0.3 is 0 Å². The predicted octanol–water partition coefficient (Wildman–Crippen LogP) is 2.68. The number of benzene rings is 1.